The number of morpholine rings is 2. The number of nitrogens with zero attached hydrogens (tertiary/aromatic N) is 2. The summed E-state index contributed by atoms with van der Waals surface area (Å²) in [6.07, 6.45) is 1.12. The molecule has 5 aliphatic rings. The highest BCUT2D eigenvalue weighted by atomic mass is 79.9. The third-order valence-electron chi connectivity index (χ3n) is 12.5. The van der Waals surface area contributed by atoms with Crippen LogP contribution in [-0.2, 0) is 37.4 Å². The van der Waals surface area contributed by atoms with Crippen LogP contribution in [0.4, 0.5) is 11.4 Å². The van der Waals surface area contributed by atoms with E-state index in [4.69, 9.17) is 37.4 Å². The summed E-state index contributed by atoms with van der Waals surface area (Å²) in [7, 11) is -1.26. The summed E-state index contributed by atoms with van der Waals surface area (Å²) < 4.78 is 48.9. The van der Waals surface area contributed by atoms with E-state index in [1.54, 1.807) is 0 Å². The van der Waals surface area contributed by atoms with E-state index in [0.29, 0.717) is 12.2 Å². The van der Waals surface area contributed by atoms with E-state index >= 15 is 0 Å². The second kappa shape index (κ2) is 16.8. The van der Waals surface area contributed by atoms with Gasteiger partial charge in [-0.25, -0.2) is 0 Å². The minimum atomic E-state index is -0.476. The molecule has 4 atom stereocenters. The molecule has 56 heavy (non-hydrogen) atoms. The fourth-order valence-electron chi connectivity index (χ4n) is 7.30. The number of hydrogen-bond acceptors (Lipinski definition) is 10. The van der Waals surface area contributed by atoms with Gasteiger partial charge in [0.15, 0.2) is 0 Å². The first-order valence-corrected chi connectivity index (χ1v) is 21.2. The Labute approximate surface area is 347 Å². The van der Waals surface area contributed by atoms with E-state index in [-0.39, 0.29) is 52.9 Å². The van der Waals surface area contributed by atoms with Gasteiger partial charge in [0.25, 0.3) is 0 Å². The number of hydrogen-bond donors (Lipinski definition) is 0. The summed E-state index contributed by atoms with van der Waals surface area (Å²) in [6, 6.07) is 16.9. The summed E-state index contributed by atoms with van der Waals surface area (Å²) in [4.78, 5) is 4.76. The van der Waals surface area contributed by atoms with Crippen molar-refractivity contribution in [2.45, 2.75) is 169 Å². The van der Waals surface area contributed by atoms with E-state index in [9.17, 15) is 0 Å². The average Bonchev–Trinajstić information content (AvgIpc) is 3.53. The maximum atomic E-state index is 6.17. The summed E-state index contributed by atoms with van der Waals surface area (Å²) in [5, 5.41) is 0. The van der Waals surface area contributed by atoms with Crippen LogP contribution in [0.2, 0.25) is 0 Å². The van der Waals surface area contributed by atoms with Crippen LogP contribution in [0.1, 0.15) is 111 Å². The molecule has 0 N–H and O–H groups in total. The van der Waals surface area contributed by atoms with Gasteiger partial charge in [0.05, 0.1) is 58.0 Å². The SMILES string of the molecule is CC1(C)OB(B2OC(C)(C)C(C)(C)O2)OC1(C)C.C[C@@H]1CN(c2cccc(B3OC(C)(C)C(C)(C)O3)c2)C[C@H](C)O1.C[C@@H]1CN(c2cccc(Br)c2)C[C@H](C)O1. The normalized spacial score (nSPS) is 29.7. The summed E-state index contributed by atoms with van der Waals surface area (Å²) in [5.74, 6) is 0. The molecule has 2 aromatic carbocycles. The second-order valence-corrected chi connectivity index (χ2v) is 20.2. The van der Waals surface area contributed by atoms with E-state index in [0.717, 1.165) is 36.1 Å². The van der Waals surface area contributed by atoms with E-state index in [2.05, 4.69) is 130 Å². The first-order chi connectivity index (χ1) is 25.7. The lowest BCUT2D eigenvalue weighted by Gasteiger charge is -2.37. The molecule has 14 heteroatoms. The Morgan fingerprint density at radius 2 is 0.804 bits per heavy atom. The maximum Gasteiger partial charge on any atom is 0.494 e. The second-order valence-electron chi connectivity index (χ2n) is 19.2. The molecule has 7 rings (SSSR count). The number of rotatable bonds is 4. The molecule has 0 amide bonds. The molecule has 2 aromatic rings. The molecule has 0 spiro atoms. The van der Waals surface area contributed by atoms with Gasteiger partial charge in [-0.2, -0.15) is 0 Å². The fraction of sp³-hybridized carbons (Fsp3) is 0.714. The smallest absolute Gasteiger partial charge is 0.405 e. The Morgan fingerprint density at radius 1 is 0.482 bits per heavy atom. The highest BCUT2D eigenvalue weighted by Gasteiger charge is 2.63. The van der Waals surface area contributed by atoms with Gasteiger partial charge in [0.2, 0.25) is 0 Å². The Balaban J connectivity index is 0.000000165. The van der Waals surface area contributed by atoms with Crippen LogP contribution >= 0.6 is 15.9 Å². The molecule has 5 heterocycles. The number of ether oxygens (including phenoxy) is 2. The van der Waals surface area contributed by atoms with E-state index < -0.39 is 14.0 Å². The maximum absolute atomic E-state index is 6.17. The summed E-state index contributed by atoms with van der Waals surface area (Å²) in [5.41, 5.74) is 1.50. The lowest BCUT2D eigenvalue weighted by Crippen LogP contribution is -2.46. The molecule has 0 radical (unpaired) electrons. The highest BCUT2D eigenvalue weighted by molar-refractivity contribution is 9.10. The molecule has 0 unspecified atom stereocenters. The predicted molar refractivity (Wildman–Crippen MR) is 233 cm³/mol. The van der Waals surface area contributed by atoms with Crippen molar-refractivity contribution in [1.29, 1.82) is 0 Å². The zero-order chi connectivity index (χ0) is 41.6. The van der Waals surface area contributed by atoms with Crippen LogP contribution in [0, 0.1) is 0 Å². The highest BCUT2D eigenvalue weighted by Crippen LogP contribution is 2.43. The van der Waals surface area contributed by atoms with Crippen molar-refractivity contribution < 1.29 is 37.4 Å². The first-order valence-electron chi connectivity index (χ1n) is 20.4. The number of anilines is 2. The fourth-order valence-corrected chi connectivity index (χ4v) is 7.68. The lowest BCUT2D eigenvalue weighted by atomic mass is 9.49. The molecule has 5 aliphatic heterocycles. The van der Waals surface area contributed by atoms with Crippen LogP contribution in [0.5, 0.6) is 0 Å². The Bertz CT molecular complexity index is 1540. The van der Waals surface area contributed by atoms with Gasteiger partial charge in [-0.15, -0.1) is 0 Å². The van der Waals surface area contributed by atoms with Gasteiger partial charge in [0, 0.05) is 42.0 Å². The van der Waals surface area contributed by atoms with Crippen LogP contribution in [0.15, 0.2) is 53.0 Å². The van der Waals surface area contributed by atoms with Crippen molar-refractivity contribution in [1.82, 2.24) is 0 Å². The van der Waals surface area contributed by atoms with E-state index in [1.807, 2.05) is 55.4 Å². The molecule has 10 nitrogen and oxygen atoms in total. The van der Waals surface area contributed by atoms with Gasteiger partial charge in [-0.3, -0.25) is 0 Å². The third-order valence-corrected chi connectivity index (χ3v) is 13.0. The lowest BCUT2D eigenvalue weighted by molar-refractivity contribution is -0.00548. The molecular weight excluding hydrogens is 773 g/mol. The molecule has 5 fully saturated rings. The van der Waals surface area contributed by atoms with Gasteiger partial charge in [-0.05, 0) is 147 Å². The topological polar surface area (TPSA) is 80.3 Å². The Hall–Kier alpha value is -1.61. The molecule has 5 saturated heterocycles. The minimum absolute atomic E-state index is 0.249. The van der Waals surface area contributed by atoms with Gasteiger partial charge < -0.3 is 47.2 Å². The van der Waals surface area contributed by atoms with Crippen LogP contribution in [0.25, 0.3) is 0 Å². The quantitative estimate of drug-likeness (QED) is 0.284. The van der Waals surface area contributed by atoms with Crippen molar-refractivity contribution in [3.05, 3.63) is 53.0 Å². The molecular formula is C42H68B3BrN2O8. The summed E-state index contributed by atoms with van der Waals surface area (Å²) >= 11 is 3.50. The molecule has 0 saturated carbocycles. The average molecular weight is 841 g/mol. The van der Waals surface area contributed by atoms with Crippen LogP contribution in [0.3, 0.4) is 0 Å². The third kappa shape index (κ3) is 10.4. The van der Waals surface area contributed by atoms with Crippen LogP contribution in [-0.4, -0.2) is 105 Å². The number of halogens is 1. The van der Waals surface area contributed by atoms with E-state index in [1.165, 1.54) is 11.4 Å². The number of benzene rings is 2. The predicted octanol–water partition coefficient (Wildman–Crippen LogP) is 7.91. The monoisotopic (exact) mass is 840 g/mol. The van der Waals surface area contributed by atoms with Crippen molar-refractivity contribution in [3.63, 3.8) is 0 Å². The Kier molecular flexibility index (Phi) is 13.6. The molecule has 0 aliphatic carbocycles. The Morgan fingerprint density at radius 3 is 1.16 bits per heavy atom. The van der Waals surface area contributed by atoms with Crippen molar-refractivity contribution in [2.75, 3.05) is 36.0 Å². The van der Waals surface area contributed by atoms with Crippen molar-refractivity contribution >= 4 is 53.9 Å². The van der Waals surface area contributed by atoms with Crippen molar-refractivity contribution in [2.24, 2.45) is 0 Å². The molecule has 310 valence electrons. The zero-order valence-electron chi connectivity index (χ0n) is 37.0. The first kappa shape index (κ1) is 45.5. The van der Waals surface area contributed by atoms with Gasteiger partial charge >= 0.3 is 21.1 Å². The largest absolute Gasteiger partial charge is 0.494 e. The van der Waals surface area contributed by atoms with Crippen LogP contribution < -0.4 is 15.3 Å². The van der Waals surface area contributed by atoms with Gasteiger partial charge in [-0.1, -0.05) is 34.1 Å². The minimum Gasteiger partial charge on any atom is -0.405 e. The molecule has 0 aromatic heterocycles. The molecule has 0 bridgehead atoms. The standard InChI is InChI=1S/C18H28BNO3.C12H24B2O4.C12H16BrNO/c1-13-11-20(12-14(2)21-13)16-9-7-8-15(10-16)19-22-17(3,4)18(5,6)23-19;1-9(2)10(3,4)16-13(15-9)14-17-11(5,6)12(7,8)18-14;1-9-7-14(8-10(2)15-9)12-5-3-4-11(13)6-12/h7-10,13-14H,11-12H2,1-6H3;1-8H3;3-6,9-10H,7-8H2,1-2H3/t13-,14+;;9-,10+. The summed E-state index contributed by atoms with van der Waals surface area (Å²) in [6.45, 7) is 36.8. The van der Waals surface area contributed by atoms with Crippen molar-refractivity contribution in [3.8, 4) is 0 Å². The van der Waals surface area contributed by atoms with Gasteiger partial charge in [0.1, 0.15) is 0 Å². The zero-order valence-corrected chi connectivity index (χ0v) is 38.6.